The number of hydrogen-bond acceptors (Lipinski definition) is 3. The molecule has 3 heteroatoms. The van der Waals surface area contributed by atoms with Crippen LogP contribution in [0.15, 0.2) is 0 Å². The van der Waals surface area contributed by atoms with E-state index in [1.807, 2.05) is 0 Å². The second kappa shape index (κ2) is 8.98. The van der Waals surface area contributed by atoms with Gasteiger partial charge in [0.2, 0.25) is 0 Å². The maximum absolute atomic E-state index is 8.33. The maximum atomic E-state index is 8.33. The minimum atomic E-state index is 0.621. The maximum Gasteiger partial charge on any atom is 0.0621 e. The normalized spacial score (nSPS) is 10.9. The fourth-order valence-corrected chi connectivity index (χ4v) is 1.09. The third-order valence-corrected chi connectivity index (χ3v) is 2.41. The molecular weight excluding hydrogens is 174 g/mol. The fourth-order valence-electron chi connectivity index (χ4n) is 1.09. The molecule has 0 atom stereocenters. The minimum absolute atomic E-state index is 0.621. The van der Waals surface area contributed by atoms with E-state index in [1.54, 1.807) is 0 Å². The van der Waals surface area contributed by atoms with Crippen molar-refractivity contribution in [2.75, 3.05) is 26.7 Å². The largest absolute Gasteiger partial charge is 0.315 e. The molecule has 3 nitrogen and oxygen atoms in total. The van der Waals surface area contributed by atoms with Crippen LogP contribution < -0.4 is 5.32 Å². The van der Waals surface area contributed by atoms with Crippen molar-refractivity contribution >= 4 is 0 Å². The van der Waals surface area contributed by atoms with Gasteiger partial charge in [0.05, 0.1) is 6.07 Å². The summed E-state index contributed by atoms with van der Waals surface area (Å²) >= 11 is 0. The zero-order valence-electron chi connectivity index (χ0n) is 9.71. The van der Waals surface area contributed by atoms with Gasteiger partial charge in [-0.1, -0.05) is 0 Å². The highest BCUT2D eigenvalue weighted by molar-refractivity contribution is 4.68. The number of nitrogens with one attached hydrogen (secondary N) is 1. The van der Waals surface area contributed by atoms with Gasteiger partial charge in [-0.2, -0.15) is 5.26 Å². The van der Waals surface area contributed by atoms with Crippen molar-refractivity contribution in [1.29, 1.82) is 5.26 Å². The highest BCUT2D eigenvalue weighted by atomic mass is 15.1. The van der Waals surface area contributed by atoms with Crippen molar-refractivity contribution in [2.24, 2.45) is 0 Å². The summed E-state index contributed by atoms with van der Waals surface area (Å²) in [6.45, 7) is 7.57. The van der Waals surface area contributed by atoms with Crippen LogP contribution in [0.1, 0.15) is 33.1 Å². The first kappa shape index (κ1) is 13.4. The smallest absolute Gasteiger partial charge is 0.0621 e. The summed E-state index contributed by atoms with van der Waals surface area (Å²) in [5.41, 5.74) is 0. The van der Waals surface area contributed by atoms with Crippen LogP contribution in [0.5, 0.6) is 0 Å². The Hall–Kier alpha value is -0.590. The number of nitrogens with zero attached hydrogens (tertiary/aromatic N) is 2. The highest BCUT2D eigenvalue weighted by Crippen LogP contribution is 1.92. The quantitative estimate of drug-likeness (QED) is 0.601. The highest BCUT2D eigenvalue weighted by Gasteiger charge is 2.00. The van der Waals surface area contributed by atoms with Crippen molar-refractivity contribution in [3.63, 3.8) is 0 Å². The molecule has 0 aliphatic heterocycles. The Balaban J connectivity index is 3.10. The van der Waals surface area contributed by atoms with E-state index in [2.05, 4.69) is 37.2 Å². The van der Waals surface area contributed by atoms with Crippen LogP contribution in [-0.2, 0) is 0 Å². The van der Waals surface area contributed by atoms with Gasteiger partial charge in [-0.25, -0.2) is 0 Å². The molecule has 0 aliphatic rings. The number of nitriles is 1. The van der Waals surface area contributed by atoms with Crippen LogP contribution in [0.2, 0.25) is 0 Å². The minimum Gasteiger partial charge on any atom is -0.315 e. The Kier molecular flexibility index (Phi) is 8.61. The molecule has 0 saturated carbocycles. The van der Waals surface area contributed by atoms with Crippen LogP contribution in [-0.4, -0.2) is 37.6 Å². The van der Waals surface area contributed by atoms with E-state index in [9.17, 15) is 0 Å². The Morgan fingerprint density at radius 1 is 1.29 bits per heavy atom. The molecule has 0 fully saturated rings. The van der Waals surface area contributed by atoms with Gasteiger partial charge < -0.3 is 10.2 Å². The van der Waals surface area contributed by atoms with Crippen molar-refractivity contribution < 1.29 is 0 Å². The molecule has 14 heavy (non-hydrogen) atoms. The number of likely N-dealkylation sites (N-methyl/N-ethyl adjacent to an activating group) is 1. The summed E-state index contributed by atoms with van der Waals surface area (Å²) in [4.78, 5) is 2.32. The Bertz CT molecular complexity index is 160. The van der Waals surface area contributed by atoms with Crippen molar-refractivity contribution in [3.8, 4) is 6.07 Å². The van der Waals surface area contributed by atoms with Gasteiger partial charge >= 0.3 is 0 Å². The van der Waals surface area contributed by atoms with Crippen molar-refractivity contribution in [1.82, 2.24) is 10.2 Å². The average Bonchev–Trinajstić information content (AvgIpc) is 2.16. The Morgan fingerprint density at radius 3 is 2.57 bits per heavy atom. The first-order valence-corrected chi connectivity index (χ1v) is 5.46. The molecule has 0 amide bonds. The molecule has 0 unspecified atom stereocenters. The van der Waals surface area contributed by atoms with E-state index in [4.69, 9.17) is 5.26 Å². The third-order valence-electron chi connectivity index (χ3n) is 2.41. The standard InChI is InChI=1S/C11H23N3/c1-11(2)14(3)10-9-13-8-6-4-5-7-12/h11,13H,4-6,8-10H2,1-3H3. The lowest BCUT2D eigenvalue weighted by Crippen LogP contribution is -2.34. The summed E-state index contributed by atoms with van der Waals surface area (Å²) in [5, 5.41) is 11.7. The lowest BCUT2D eigenvalue weighted by molar-refractivity contribution is 0.273. The van der Waals surface area contributed by atoms with Gasteiger partial charge in [0.15, 0.2) is 0 Å². The topological polar surface area (TPSA) is 39.1 Å². The average molecular weight is 197 g/mol. The molecule has 82 valence electrons. The predicted octanol–water partition coefficient (Wildman–Crippen LogP) is 1.61. The van der Waals surface area contributed by atoms with Gasteiger partial charge in [0.25, 0.3) is 0 Å². The van der Waals surface area contributed by atoms with Gasteiger partial charge in [-0.15, -0.1) is 0 Å². The van der Waals surface area contributed by atoms with Gasteiger partial charge in [-0.3, -0.25) is 0 Å². The first-order valence-electron chi connectivity index (χ1n) is 5.46. The molecular formula is C11H23N3. The van der Waals surface area contributed by atoms with Crippen LogP contribution in [0.25, 0.3) is 0 Å². The fraction of sp³-hybridized carbons (Fsp3) is 0.909. The zero-order chi connectivity index (χ0) is 10.8. The van der Waals surface area contributed by atoms with Crippen LogP contribution in [0.4, 0.5) is 0 Å². The van der Waals surface area contributed by atoms with E-state index in [1.165, 1.54) is 0 Å². The second-order valence-electron chi connectivity index (χ2n) is 3.94. The van der Waals surface area contributed by atoms with E-state index < -0.39 is 0 Å². The lowest BCUT2D eigenvalue weighted by atomic mass is 10.2. The molecule has 0 heterocycles. The molecule has 0 bridgehead atoms. The number of rotatable bonds is 8. The lowest BCUT2D eigenvalue weighted by Gasteiger charge is -2.20. The van der Waals surface area contributed by atoms with Crippen LogP contribution >= 0.6 is 0 Å². The predicted molar refractivity (Wildman–Crippen MR) is 60.1 cm³/mol. The Labute approximate surface area is 88.1 Å². The number of unbranched alkanes of at least 4 members (excludes halogenated alkanes) is 2. The van der Waals surface area contributed by atoms with E-state index in [0.29, 0.717) is 12.5 Å². The SMILES string of the molecule is CC(C)N(C)CCNCCCCC#N. The van der Waals surface area contributed by atoms with E-state index in [-0.39, 0.29) is 0 Å². The van der Waals surface area contributed by atoms with Gasteiger partial charge in [-0.05, 0) is 40.3 Å². The molecule has 0 aliphatic carbocycles. The Morgan fingerprint density at radius 2 is 2.00 bits per heavy atom. The summed E-state index contributed by atoms with van der Waals surface area (Å²) in [6.07, 6.45) is 2.82. The monoisotopic (exact) mass is 197 g/mol. The second-order valence-corrected chi connectivity index (χ2v) is 3.94. The van der Waals surface area contributed by atoms with Crippen LogP contribution in [0.3, 0.4) is 0 Å². The van der Waals surface area contributed by atoms with Gasteiger partial charge in [0, 0.05) is 25.6 Å². The van der Waals surface area contributed by atoms with Crippen molar-refractivity contribution in [3.05, 3.63) is 0 Å². The number of hydrogen-bond donors (Lipinski definition) is 1. The summed E-state index contributed by atoms with van der Waals surface area (Å²) in [5.74, 6) is 0. The molecule has 0 aromatic heterocycles. The first-order chi connectivity index (χ1) is 6.68. The summed E-state index contributed by atoms with van der Waals surface area (Å²) in [7, 11) is 2.14. The van der Waals surface area contributed by atoms with E-state index in [0.717, 1.165) is 32.5 Å². The zero-order valence-corrected chi connectivity index (χ0v) is 9.71. The summed E-state index contributed by atoms with van der Waals surface area (Å²) < 4.78 is 0. The molecule has 0 radical (unpaired) electrons. The molecule has 0 saturated heterocycles. The molecule has 0 rings (SSSR count). The third kappa shape index (κ3) is 8.03. The molecule has 0 aromatic carbocycles. The molecule has 1 N–H and O–H groups in total. The van der Waals surface area contributed by atoms with Gasteiger partial charge in [0.1, 0.15) is 0 Å². The van der Waals surface area contributed by atoms with E-state index >= 15 is 0 Å². The summed E-state index contributed by atoms with van der Waals surface area (Å²) in [6, 6.07) is 2.78. The molecule has 0 aromatic rings. The van der Waals surface area contributed by atoms with Crippen molar-refractivity contribution in [2.45, 2.75) is 39.2 Å². The molecule has 0 spiro atoms. The van der Waals surface area contributed by atoms with Crippen LogP contribution in [0, 0.1) is 11.3 Å².